The van der Waals surface area contributed by atoms with Gasteiger partial charge in [-0.25, -0.2) is 0 Å². The Morgan fingerprint density at radius 1 is 0.431 bits per heavy atom. The summed E-state index contributed by atoms with van der Waals surface area (Å²) in [6.07, 6.45) is 5.23. The van der Waals surface area contributed by atoms with Crippen LogP contribution in [0.1, 0.15) is 55.6 Å². The van der Waals surface area contributed by atoms with E-state index in [4.69, 9.17) is 9.47 Å². The molecule has 6 aromatic carbocycles. The second-order valence-corrected chi connectivity index (χ2v) is 14.2. The van der Waals surface area contributed by atoms with Crippen LogP contribution in [-0.4, -0.2) is 34.6 Å². The molecule has 0 saturated carbocycles. The minimum absolute atomic E-state index is 0.0235. The Bertz CT molecular complexity index is 2290. The summed E-state index contributed by atoms with van der Waals surface area (Å²) in [5, 5.41) is 65.6. The third kappa shape index (κ3) is 8.76. The summed E-state index contributed by atoms with van der Waals surface area (Å²) in [4.78, 5) is 0. The molecule has 0 unspecified atom stereocenters. The van der Waals surface area contributed by atoms with Crippen LogP contribution in [0.4, 0.5) is 22.7 Å². The van der Waals surface area contributed by atoms with E-state index in [0.717, 1.165) is 11.1 Å². The molecule has 4 N–H and O–H groups in total. The van der Waals surface area contributed by atoms with Crippen molar-refractivity contribution in [1.29, 1.82) is 0 Å². The topological polar surface area (TPSA) is 149 Å². The van der Waals surface area contributed by atoms with Gasteiger partial charge in [0.2, 0.25) is 0 Å². The Balaban J connectivity index is 1.41. The van der Waals surface area contributed by atoms with Crippen molar-refractivity contribution in [1.82, 2.24) is 0 Å². The molecule has 0 aromatic heterocycles. The molecule has 8 bridgehead atoms. The van der Waals surface area contributed by atoms with Crippen molar-refractivity contribution in [3.8, 4) is 34.5 Å². The van der Waals surface area contributed by atoms with Crippen LogP contribution in [0.3, 0.4) is 0 Å². The Kier molecular flexibility index (Phi) is 11.6. The summed E-state index contributed by atoms with van der Waals surface area (Å²) in [6.45, 7) is 7.87. The molecule has 10 nitrogen and oxygen atoms in total. The highest BCUT2D eigenvalue weighted by atomic mass is 16.5. The van der Waals surface area contributed by atoms with Gasteiger partial charge in [-0.1, -0.05) is 36.4 Å². The third-order valence-corrected chi connectivity index (χ3v) is 10.2. The fourth-order valence-corrected chi connectivity index (χ4v) is 7.26. The Labute approximate surface area is 337 Å². The number of nitrogens with zero attached hydrogens (tertiary/aromatic N) is 4. The van der Waals surface area contributed by atoms with Crippen molar-refractivity contribution >= 4 is 22.7 Å². The highest BCUT2D eigenvalue weighted by Gasteiger charge is 2.22. The molecule has 0 fully saturated rings. The van der Waals surface area contributed by atoms with Crippen LogP contribution < -0.4 is 9.47 Å². The van der Waals surface area contributed by atoms with Crippen LogP contribution >= 0.6 is 0 Å². The summed E-state index contributed by atoms with van der Waals surface area (Å²) in [5.41, 5.74) is 8.33. The molecular weight excluding hydrogens is 729 g/mol. The SMILES string of the molecule is C=CCc1cc2c(O)c(c1)Cc1cc(N=Nc3ccc(OC)cc3)cc(c1O)Cc1cc(CC=C)cc(c1O)Cc1cc(N=Nc3ccc(OC)cc3)cc(c1O)C2. The third-order valence-electron chi connectivity index (χ3n) is 10.2. The highest BCUT2D eigenvalue weighted by molar-refractivity contribution is 5.61. The van der Waals surface area contributed by atoms with Gasteiger partial charge in [0.1, 0.15) is 34.5 Å². The molecule has 6 aromatic rings. The van der Waals surface area contributed by atoms with Crippen LogP contribution in [0.25, 0.3) is 0 Å². The van der Waals surface area contributed by atoms with Gasteiger partial charge in [0.15, 0.2) is 0 Å². The van der Waals surface area contributed by atoms with E-state index in [1.807, 2.05) is 24.3 Å². The number of benzene rings is 6. The average Bonchev–Trinajstić information content (AvgIpc) is 3.22. The van der Waals surface area contributed by atoms with Crippen molar-refractivity contribution in [3.63, 3.8) is 0 Å². The molecule has 0 amide bonds. The van der Waals surface area contributed by atoms with Crippen molar-refractivity contribution in [2.24, 2.45) is 20.5 Å². The van der Waals surface area contributed by atoms with Gasteiger partial charge in [-0.3, -0.25) is 0 Å². The number of fused-ring (bicyclic) bond motifs is 8. The smallest absolute Gasteiger partial charge is 0.122 e. The standard InChI is InChI=1S/C48H44N4O6/c1-5-7-29-17-31-21-35-25-41(51-49-39-9-13-43(57-3)14-10-39)27-37(47(35)55)23-33-19-30(8-6-2)20-34(46(33)54)24-38-28-42(52-50-40-11-15-44(58-4)16-12-40)26-36(48(38)56)22-32(18-29)45(31)53/h5-6,9-20,25-28,53-56H,1-2,7-8,21-24H2,3-4H3. The molecule has 0 heterocycles. The number of azo groups is 2. The molecule has 1 aliphatic rings. The zero-order chi connectivity index (χ0) is 40.8. The predicted molar refractivity (Wildman–Crippen MR) is 226 cm³/mol. The summed E-state index contributed by atoms with van der Waals surface area (Å²) in [7, 11) is 3.19. The minimum Gasteiger partial charge on any atom is -0.507 e. The number of ether oxygens (including phenoxy) is 2. The number of phenols is 4. The fraction of sp³-hybridized carbons (Fsp3) is 0.167. The number of hydrogen-bond acceptors (Lipinski definition) is 10. The van der Waals surface area contributed by atoms with Crippen LogP contribution in [0.5, 0.6) is 34.5 Å². The van der Waals surface area contributed by atoms with Gasteiger partial charge < -0.3 is 29.9 Å². The second kappa shape index (κ2) is 17.3. The molecule has 58 heavy (non-hydrogen) atoms. The zero-order valence-corrected chi connectivity index (χ0v) is 32.4. The first-order chi connectivity index (χ1) is 28.1. The molecule has 292 valence electrons. The number of aromatic hydroxyl groups is 4. The lowest BCUT2D eigenvalue weighted by molar-refractivity contribution is 0.414. The molecule has 7 rings (SSSR count). The van der Waals surface area contributed by atoms with Gasteiger partial charge in [0, 0.05) is 47.9 Å². The largest absolute Gasteiger partial charge is 0.507 e. The summed E-state index contributed by atoms with van der Waals surface area (Å²) in [6, 6.07) is 29.0. The number of hydrogen-bond donors (Lipinski definition) is 4. The maximum atomic E-state index is 11.9. The van der Waals surface area contributed by atoms with Gasteiger partial charge in [0.25, 0.3) is 0 Å². The maximum Gasteiger partial charge on any atom is 0.122 e. The predicted octanol–water partition coefficient (Wildman–Crippen LogP) is 11.5. The Morgan fingerprint density at radius 3 is 0.948 bits per heavy atom. The normalized spacial score (nSPS) is 12.4. The van der Waals surface area contributed by atoms with Gasteiger partial charge >= 0.3 is 0 Å². The van der Waals surface area contributed by atoms with E-state index in [-0.39, 0.29) is 48.7 Å². The molecule has 10 heteroatoms. The Morgan fingerprint density at radius 2 is 0.690 bits per heavy atom. The highest BCUT2D eigenvalue weighted by Crippen LogP contribution is 2.41. The second-order valence-electron chi connectivity index (χ2n) is 14.2. The van der Waals surface area contributed by atoms with Gasteiger partial charge in [-0.05, 0) is 119 Å². The van der Waals surface area contributed by atoms with E-state index >= 15 is 0 Å². The summed E-state index contributed by atoms with van der Waals surface area (Å²) >= 11 is 0. The summed E-state index contributed by atoms with van der Waals surface area (Å²) in [5.74, 6) is 1.51. The van der Waals surface area contributed by atoms with E-state index in [9.17, 15) is 20.4 Å². The fourth-order valence-electron chi connectivity index (χ4n) is 7.26. The van der Waals surface area contributed by atoms with E-state index in [1.54, 1.807) is 99.2 Å². The molecule has 0 saturated heterocycles. The van der Waals surface area contributed by atoms with Crippen LogP contribution in [0.2, 0.25) is 0 Å². The monoisotopic (exact) mass is 772 g/mol. The molecule has 1 aliphatic carbocycles. The van der Waals surface area contributed by atoms with Crippen molar-refractivity contribution < 1.29 is 29.9 Å². The van der Waals surface area contributed by atoms with E-state index in [0.29, 0.717) is 91.6 Å². The number of allylic oxidation sites excluding steroid dienone is 2. The van der Waals surface area contributed by atoms with E-state index in [1.165, 1.54) is 0 Å². The lowest BCUT2D eigenvalue weighted by Gasteiger charge is -2.19. The number of rotatable bonds is 10. The first-order valence-electron chi connectivity index (χ1n) is 18.8. The van der Waals surface area contributed by atoms with Gasteiger partial charge in [-0.15, -0.1) is 13.2 Å². The lowest BCUT2D eigenvalue weighted by atomic mass is 9.89. The average molecular weight is 773 g/mol. The molecule has 0 aliphatic heterocycles. The van der Waals surface area contributed by atoms with Gasteiger partial charge in [-0.2, -0.15) is 20.5 Å². The quantitative estimate of drug-likeness (QED) is 0.0803. The molecule has 0 atom stereocenters. The first-order valence-corrected chi connectivity index (χ1v) is 18.8. The van der Waals surface area contributed by atoms with Crippen LogP contribution in [0, 0.1) is 0 Å². The lowest BCUT2D eigenvalue weighted by Crippen LogP contribution is -2.03. The molecular formula is C48H44N4O6. The summed E-state index contributed by atoms with van der Waals surface area (Å²) < 4.78 is 10.6. The van der Waals surface area contributed by atoms with Crippen LogP contribution in [-0.2, 0) is 38.5 Å². The van der Waals surface area contributed by atoms with Crippen LogP contribution in [0.15, 0.2) is 143 Å². The van der Waals surface area contributed by atoms with Crippen molar-refractivity contribution in [2.45, 2.75) is 38.5 Å². The van der Waals surface area contributed by atoms with E-state index in [2.05, 4.69) is 33.6 Å². The van der Waals surface area contributed by atoms with Gasteiger partial charge in [0.05, 0.1) is 37.0 Å². The van der Waals surface area contributed by atoms with E-state index < -0.39 is 0 Å². The molecule has 0 spiro atoms. The number of methoxy groups -OCH3 is 2. The Hall–Kier alpha value is -7.20. The minimum atomic E-state index is 0.0235. The maximum absolute atomic E-state index is 11.9. The molecule has 0 radical (unpaired) electrons. The number of phenolic OH excluding ortho intramolecular Hbond substituents is 4. The van der Waals surface area contributed by atoms with Crippen molar-refractivity contribution in [3.05, 3.63) is 178 Å². The first kappa shape index (κ1) is 39.1. The van der Waals surface area contributed by atoms with Crippen molar-refractivity contribution in [2.75, 3.05) is 14.2 Å². The zero-order valence-electron chi connectivity index (χ0n) is 32.4.